The molecule has 7 heteroatoms. The van der Waals surface area contributed by atoms with E-state index in [1.54, 1.807) is 23.9 Å². The Morgan fingerprint density at radius 3 is 2.65 bits per heavy atom. The molecule has 0 spiro atoms. The number of benzene rings is 1. The topological polar surface area (TPSA) is 75.6 Å². The second kappa shape index (κ2) is 7.87. The van der Waals surface area contributed by atoms with Crippen LogP contribution in [0.25, 0.3) is 0 Å². The van der Waals surface area contributed by atoms with E-state index < -0.39 is 10.0 Å². The van der Waals surface area contributed by atoms with Crippen LogP contribution in [0.1, 0.15) is 18.9 Å². The highest BCUT2D eigenvalue weighted by Gasteiger charge is 2.23. The Kier molecular flexibility index (Phi) is 6.81. The Bertz CT molecular complexity index is 531. The molecule has 1 atom stereocenters. The molecule has 2 N–H and O–H groups in total. The summed E-state index contributed by atoms with van der Waals surface area (Å²) in [5.74, 6) is 0.978. The van der Waals surface area contributed by atoms with Crippen LogP contribution in [-0.4, -0.2) is 38.7 Å². The molecule has 1 aromatic rings. The van der Waals surface area contributed by atoms with Gasteiger partial charge in [-0.3, -0.25) is 0 Å². The van der Waals surface area contributed by atoms with Gasteiger partial charge in [0.1, 0.15) is 10.6 Å². The second-order valence-corrected chi connectivity index (χ2v) is 6.92. The molecule has 0 amide bonds. The summed E-state index contributed by atoms with van der Waals surface area (Å²) < 4.78 is 32.7. The molecule has 0 fully saturated rings. The van der Waals surface area contributed by atoms with Crippen molar-refractivity contribution in [3.8, 4) is 5.75 Å². The van der Waals surface area contributed by atoms with Crippen molar-refractivity contribution in [2.75, 3.05) is 19.1 Å². The lowest BCUT2D eigenvalue weighted by atomic mass is 10.2. The molecule has 1 unspecified atom stereocenters. The molecule has 0 radical (unpaired) electrons. The molecule has 1 rings (SSSR count). The van der Waals surface area contributed by atoms with Crippen molar-refractivity contribution in [3.63, 3.8) is 0 Å². The average Bonchev–Trinajstić information content (AvgIpc) is 2.45. The Balaban J connectivity index is 3.13. The lowest BCUT2D eigenvalue weighted by Gasteiger charge is -2.17. The predicted molar refractivity (Wildman–Crippen MR) is 81.7 cm³/mol. The number of hydrogen-bond acceptors (Lipinski definition) is 5. The van der Waals surface area contributed by atoms with Crippen molar-refractivity contribution in [2.45, 2.75) is 30.9 Å². The standard InChI is InChI=1S/C13H21NO4S2/c1-4-11(9-19-3)14-20(16,17)13-7-10(8-15)5-6-12(13)18-2/h5-7,11,14-15H,4,8-9H2,1-3H3. The van der Waals surface area contributed by atoms with Crippen molar-refractivity contribution in [1.29, 1.82) is 0 Å². The molecule has 0 saturated heterocycles. The summed E-state index contributed by atoms with van der Waals surface area (Å²) >= 11 is 1.59. The third kappa shape index (κ3) is 4.37. The molecule has 1 aromatic carbocycles. The maximum Gasteiger partial charge on any atom is 0.244 e. The summed E-state index contributed by atoms with van der Waals surface area (Å²) in [5, 5.41) is 9.14. The molecule has 0 heterocycles. The number of thioether (sulfide) groups is 1. The van der Waals surface area contributed by atoms with E-state index in [0.29, 0.717) is 17.7 Å². The van der Waals surface area contributed by atoms with Crippen LogP contribution < -0.4 is 9.46 Å². The Hall–Kier alpha value is -0.760. The van der Waals surface area contributed by atoms with E-state index >= 15 is 0 Å². The molecule has 5 nitrogen and oxygen atoms in total. The minimum Gasteiger partial charge on any atom is -0.495 e. The molecule has 0 aromatic heterocycles. The van der Waals surface area contributed by atoms with E-state index in [1.807, 2.05) is 13.2 Å². The summed E-state index contributed by atoms with van der Waals surface area (Å²) in [6.07, 6.45) is 2.64. The highest BCUT2D eigenvalue weighted by molar-refractivity contribution is 7.98. The van der Waals surface area contributed by atoms with Crippen molar-refractivity contribution >= 4 is 21.8 Å². The van der Waals surface area contributed by atoms with Crippen LogP contribution in [0.2, 0.25) is 0 Å². The van der Waals surface area contributed by atoms with Crippen LogP contribution in [0.15, 0.2) is 23.1 Å². The zero-order valence-electron chi connectivity index (χ0n) is 11.9. The Morgan fingerprint density at radius 1 is 1.45 bits per heavy atom. The first kappa shape index (κ1) is 17.3. The van der Waals surface area contributed by atoms with Gasteiger partial charge in [-0.2, -0.15) is 11.8 Å². The zero-order valence-corrected chi connectivity index (χ0v) is 13.6. The molecule has 0 bridgehead atoms. The molecule has 0 aliphatic heterocycles. The van der Waals surface area contributed by atoms with Gasteiger partial charge in [0.15, 0.2) is 0 Å². The van der Waals surface area contributed by atoms with Crippen LogP contribution in [0.5, 0.6) is 5.75 Å². The smallest absolute Gasteiger partial charge is 0.244 e. The first-order chi connectivity index (χ1) is 9.48. The van der Waals surface area contributed by atoms with Gasteiger partial charge in [-0.15, -0.1) is 0 Å². The number of rotatable bonds is 8. The van der Waals surface area contributed by atoms with Gasteiger partial charge in [-0.05, 0) is 30.4 Å². The van der Waals surface area contributed by atoms with Gasteiger partial charge < -0.3 is 9.84 Å². The number of nitrogens with one attached hydrogen (secondary N) is 1. The monoisotopic (exact) mass is 319 g/mol. The molecule has 114 valence electrons. The molecule has 0 aliphatic carbocycles. The summed E-state index contributed by atoms with van der Waals surface area (Å²) in [6.45, 7) is 1.72. The van der Waals surface area contributed by atoms with Crippen LogP contribution in [-0.2, 0) is 16.6 Å². The number of aliphatic hydroxyl groups excluding tert-OH is 1. The third-order valence-corrected chi connectivity index (χ3v) is 5.16. The normalized spacial score (nSPS) is 13.2. The minimum atomic E-state index is -3.67. The molecular weight excluding hydrogens is 298 g/mol. The van der Waals surface area contributed by atoms with Gasteiger partial charge in [0.05, 0.1) is 13.7 Å². The summed E-state index contributed by atoms with van der Waals surface area (Å²) in [7, 11) is -2.25. The van der Waals surface area contributed by atoms with Gasteiger partial charge in [0.2, 0.25) is 10.0 Å². The number of hydrogen-bond donors (Lipinski definition) is 2. The van der Waals surface area contributed by atoms with Crippen LogP contribution >= 0.6 is 11.8 Å². The average molecular weight is 319 g/mol. The van der Waals surface area contributed by atoms with Crippen LogP contribution in [0.3, 0.4) is 0 Å². The molecule has 20 heavy (non-hydrogen) atoms. The fourth-order valence-electron chi connectivity index (χ4n) is 1.75. The number of aliphatic hydroxyl groups is 1. The summed E-state index contributed by atoms with van der Waals surface area (Å²) in [4.78, 5) is 0.0612. The summed E-state index contributed by atoms with van der Waals surface area (Å²) in [6, 6.07) is 4.50. The molecule has 0 saturated carbocycles. The van der Waals surface area contributed by atoms with Gasteiger partial charge in [-0.25, -0.2) is 13.1 Å². The highest BCUT2D eigenvalue weighted by atomic mass is 32.2. The molecule has 0 aliphatic rings. The van der Waals surface area contributed by atoms with Crippen LogP contribution in [0, 0.1) is 0 Å². The quantitative estimate of drug-likeness (QED) is 0.761. The second-order valence-electron chi connectivity index (χ2n) is 4.33. The minimum absolute atomic E-state index is 0.0612. The van der Waals surface area contributed by atoms with E-state index in [9.17, 15) is 8.42 Å². The fourth-order valence-corrected chi connectivity index (χ4v) is 4.11. The van der Waals surface area contributed by atoms with E-state index in [-0.39, 0.29) is 23.3 Å². The number of methoxy groups -OCH3 is 1. The van der Waals surface area contributed by atoms with Crippen molar-refractivity contribution in [1.82, 2.24) is 4.72 Å². The highest BCUT2D eigenvalue weighted by Crippen LogP contribution is 2.25. The predicted octanol–water partition coefficient (Wildman–Crippen LogP) is 1.61. The van der Waals surface area contributed by atoms with Gasteiger partial charge in [0, 0.05) is 11.8 Å². The maximum absolute atomic E-state index is 12.4. The number of sulfonamides is 1. The number of ether oxygens (including phenoxy) is 1. The van der Waals surface area contributed by atoms with E-state index in [2.05, 4.69) is 4.72 Å². The lowest BCUT2D eigenvalue weighted by Crippen LogP contribution is -2.36. The first-order valence-electron chi connectivity index (χ1n) is 6.27. The molecular formula is C13H21NO4S2. The van der Waals surface area contributed by atoms with E-state index in [1.165, 1.54) is 13.2 Å². The van der Waals surface area contributed by atoms with Crippen molar-refractivity contribution in [3.05, 3.63) is 23.8 Å². The maximum atomic E-state index is 12.4. The van der Waals surface area contributed by atoms with Crippen molar-refractivity contribution in [2.24, 2.45) is 0 Å². The van der Waals surface area contributed by atoms with Gasteiger partial charge >= 0.3 is 0 Å². The van der Waals surface area contributed by atoms with E-state index in [0.717, 1.165) is 0 Å². The Labute approximate surface area is 124 Å². The first-order valence-corrected chi connectivity index (χ1v) is 9.15. The van der Waals surface area contributed by atoms with Gasteiger partial charge in [0.25, 0.3) is 0 Å². The Morgan fingerprint density at radius 2 is 2.15 bits per heavy atom. The van der Waals surface area contributed by atoms with Crippen molar-refractivity contribution < 1.29 is 18.3 Å². The van der Waals surface area contributed by atoms with E-state index in [4.69, 9.17) is 9.84 Å². The zero-order chi connectivity index (χ0) is 15.2. The third-order valence-electron chi connectivity index (χ3n) is 2.88. The largest absolute Gasteiger partial charge is 0.495 e. The lowest BCUT2D eigenvalue weighted by molar-refractivity contribution is 0.281. The fraction of sp³-hybridized carbons (Fsp3) is 0.538. The SMILES string of the molecule is CCC(CSC)NS(=O)(=O)c1cc(CO)ccc1OC. The van der Waals surface area contributed by atoms with Crippen LogP contribution in [0.4, 0.5) is 0 Å². The summed E-state index contributed by atoms with van der Waals surface area (Å²) in [5.41, 5.74) is 0.532. The van der Waals surface area contributed by atoms with Gasteiger partial charge in [-0.1, -0.05) is 13.0 Å².